The van der Waals surface area contributed by atoms with Crippen LogP contribution < -0.4 is 10.0 Å². The third kappa shape index (κ3) is 4.76. The van der Waals surface area contributed by atoms with Crippen LogP contribution in [0.4, 0.5) is 11.6 Å². The van der Waals surface area contributed by atoms with E-state index in [0.717, 1.165) is 6.42 Å². The lowest BCUT2D eigenvalue weighted by Crippen LogP contribution is -2.16. The molecule has 1 amide bonds. The maximum atomic E-state index is 12.4. The van der Waals surface area contributed by atoms with Gasteiger partial charge in [-0.25, -0.2) is 23.1 Å². The van der Waals surface area contributed by atoms with Crippen LogP contribution in [-0.2, 0) is 14.8 Å². The molecule has 0 bridgehead atoms. The monoisotopic (exact) mass is 348 g/mol. The Morgan fingerprint density at radius 3 is 2.21 bits per heavy atom. The third-order valence-corrected chi connectivity index (χ3v) is 4.48. The van der Waals surface area contributed by atoms with Crippen LogP contribution in [0.25, 0.3) is 0 Å². The molecular weight excluding hydrogens is 328 g/mol. The van der Waals surface area contributed by atoms with Gasteiger partial charge in [0, 0.05) is 23.5 Å². The fourth-order valence-electron chi connectivity index (χ4n) is 2.12. The summed E-state index contributed by atoms with van der Waals surface area (Å²) in [7, 11) is -3.79. The molecular formula is C16H20N4O3S. The van der Waals surface area contributed by atoms with E-state index in [-0.39, 0.29) is 16.8 Å². The van der Waals surface area contributed by atoms with E-state index in [2.05, 4.69) is 20.0 Å². The van der Waals surface area contributed by atoms with E-state index in [1.807, 2.05) is 6.92 Å². The maximum absolute atomic E-state index is 12.4. The molecule has 7 nitrogen and oxygen atoms in total. The van der Waals surface area contributed by atoms with Gasteiger partial charge in [-0.15, -0.1) is 0 Å². The Morgan fingerprint density at radius 1 is 1.08 bits per heavy atom. The highest BCUT2D eigenvalue weighted by atomic mass is 32.2. The molecule has 0 saturated carbocycles. The predicted molar refractivity (Wildman–Crippen MR) is 92.3 cm³/mol. The minimum atomic E-state index is -3.79. The Labute approximate surface area is 141 Å². The number of rotatable bonds is 6. The number of nitrogens with zero attached hydrogens (tertiary/aromatic N) is 2. The molecule has 0 unspecified atom stereocenters. The number of aryl methyl sites for hydroxylation is 2. The summed E-state index contributed by atoms with van der Waals surface area (Å²) in [5, 5.41) is 2.71. The van der Waals surface area contributed by atoms with Crippen LogP contribution in [0.3, 0.4) is 0 Å². The van der Waals surface area contributed by atoms with Crippen LogP contribution in [-0.4, -0.2) is 24.3 Å². The van der Waals surface area contributed by atoms with Crippen molar-refractivity contribution in [1.82, 2.24) is 9.97 Å². The van der Waals surface area contributed by atoms with Gasteiger partial charge in [-0.1, -0.05) is 6.92 Å². The first kappa shape index (κ1) is 17.9. The molecule has 1 aromatic carbocycles. The number of hydrogen-bond donors (Lipinski definition) is 2. The lowest BCUT2D eigenvalue weighted by molar-refractivity contribution is -0.116. The van der Waals surface area contributed by atoms with Crippen LogP contribution in [0.5, 0.6) is 0 Å². The summed E-state index contributed by atoms with van der Waals surface area (Å²) in [5.74, 6) is -0.0670. The molecule has 128 valence electrons. The number of benzene rings is 1. The Bertz CT molecular complexity index is 813. The van der Waals surface area contributed by atoms with Crippen molar-refractivity contribution in [1.29, 1.82) is 0 Å². The summed E-state index contributed by atoms with van der Waals surface area (Å²) >= 11 is 0. The smallest absolute Gasteiger partial charge is 0.264 e. The van der Waals surface area contributed by atoms with Gasteiger partial charge in [-0.05, 0) is 50.6 Å². The topological polar surface area (TPSA) is 101 Å². The Balaban J connectivity index is 2.16. The van der Waals surface area contributed by atoms with E-state index < -0.39 is 10.0 Å². The zero-order valence-corrected chi connectivity index (χ0v) is 14.6. The SMILES string of the molecule is CCCC(=O)Nc1ccc(S(=O)(=O)Nc2nc(C)cc(C)n2)cc1. The second kappa shape index (κ2) is 7.39. The molecule has 0 fully saturated rings. The molecule has 1 heterocycles. The average molecular weight is 348 g/mol. The van der Waals surface area contributed by atoms with Gasteiger partial charge < -0.3 is 5.32 Å². The lowest BCUT2D eigenvalue weighted by Gasteiger charge is -2.09. The van der Waals surface area contributed by atoms with E-state index in [9.17, 15) is 13.2 Å². The first-order chi connectivity index (χ1) is 11.3. The number of aromatic nitrogens is 2. The fourth-order valence-corrected chi connectivity index (χ4v) is 3.06. The van der Waals surface area contributed by atoms with Crippen molar-refractivity contribution < 1.29 is 13.2 Å². The van der Waals surface area contributed by atoms with E-state index in [4.69, 9.17) is 0 Å². The van der Waals surface area contributed by atoms with Crippen molar-refractivity contribution in [2.45, 2.75) is 38.5 Å². The molecule has 2 N–H and O–H groups in total. The molecule has 24 heavy (non-hydrogen) atoms. The van der Waals surface area contributed by atoms with Crippen LogP contribution in [0.1, 0.15) is 31.2 Å². The summed E-state index contributed by atoms with van der Waals surface area (Å²) < 4.78 is 27.1. The first-order valence-electron chi connectivity index (χ1n) is 7.55. The molecule has 0 aliphatic heterocycles. The van der Waals surface area contributed by atoms with E-state index in [0.29, 0.717) is 23.5 Å². The number of carbonyl (C=O) groups excluding carboxylic acids is 1. The highest BCUT2D eigenvalue weighted by molar-refractivity contribution is 7.92. The summed E-state index contributed by atoms with van der Waals surface area (Å²) in [6.45, 7) is 5.44. The largest absolute Gasteiger partial charge is 0.326 e. The molecule has 8 heteroatoms. The third-order valence-electron chi connectivity index (χ3n) is 3.13. The van der Waals surface area contributed by atoms with Gasteiger partial charge in [0.1, 0.15) is 0 Å². The minimum Gasteiger partial charge on any atom is -0.326 e. The van der Waals surface area contributed by atoms with Gasteiger partial charge in [-0.3, -0.25) is 4.79 Å². The second-order valence-electron chi connectivity index (χ2n) is 5.40. The highest BCUT2D eigenvalue weighted by Gasteiger charge is 2.16. The number of sulfonamides is 1. The van der Waals surface area contributed by atoms with E-state index >= 15 is 0 Å². The van der Waals surface area contributed by atoms with Crippen LogP contribution in [0, 0.1) is 13.8 Å². The van der Waals surface area contributed by atoms with Gasteiger partial charge in [0.2, 0.25) is 11.9 Å². The Kier molecular flexibility index (Phi) is 5.50. The van der Waals surface area contributed by atoms with Crippen LogP contribution in [0.15, 0.2) is 35.2 Å². The number of anilines is 2. The van der Waals surface area contributed by atoms with E-state index in [1.54, 1.807) is 32.0 Å². The standard InChI is InChI=1S/C16H20N4O3S/c1-4-5-15(21)19-13-6-8-14(9-7-13)24(22,23)20-16-17-11(2)10-12(3)18-16/h6-10H,4-5H2,1-3H3,(H,19,21)(H,17,18,20). The molecule has 0 spiro atoms. The zero-order valence-electron chi connectivity index (χ0n) is 13.8. The van der Waals surface area contributed by atoms with Crippen molar-refractivity contribution in [3.63, 3.8) is 0 Å². The average Bonchev–Trinajstić information content (AvgIpc) is 2.46. The number of amides is 1. The summed E-state index contributed by atoms with van der Waals surface area (Å²) in [6, 6.07) is 7.69. The van der Waals surface area contributed by atoms with Gasteiger partial charge in [0.25, 0.3) is 10.0 Å². The maximum Gasteiger partial charge on any atom is 0.264 e. The molecule has 2 aromatic rings. The van der Waals surface area contributed by atoms with Crippen molar-refractivity contribution >= 4 is 27.6 Å². The van der Waals surface area contributed by atoms with Gasteiger partial charge in [0.05, 0.1) is 4.90 Å². The lowest BCUT2D eigenvalue weighted by atomic mass is 10.3. The quantitative estimate of drug-likeness (QED) is 0.836. The summed E-state index contributed by atoms with van der Waals surface area (Å²) in [6.07, 6.45) is 1.17. The van der Waals surface area contributed by atoms with Crippen molar-refractivity contribution in [3.05, 3.63) is 41.7 Å². The molecule has 0 aliphatic carbocycles. The van der Waals surface area contributed by atoms with Gasteiger partial charge in [0.15, 0.2) is 0 Å². The van der Waals surface area contributed by atoms with Crippen molar-refractivity contribution in [3.8, 4) is 0 Å². The molecule has 0 aliphatic rings. The summed E-state index contributed by atoms with van der Waals surface area (Å²) in [4.78, 5) is 19.7. The van der Waals surface area contributed by atoms with Crippen molar-refractivity contribution in [2.75, 3.05) is 10.0 Å². The first-order valence-corrected chi connectivity index (χ1v) is 9.03. The molecule has 1 aromatic heterocycles. The zero-order chi connectivity index (χ0) is 17.7. The number of carbonyl (C=O) groups is 1. The molecule has 0 radical (unpaired) electrons. The van der Waals surface area contributed by atoms with Gasteiger partial charge in [-0.2, -0.15) is 0 Å². The number of hydrogen-bond acceptors (Lipinski definition) is 5. The molecule has 0 atom stereocenters. The van der Waals surface area contributed by atoms with Crippen molar-refractivity contribution in [2.24, 2.45) is 0 Å². The highest BCUT2D eigenvalue weighted by Crippen LogP contribution is 2.17. The van der Waals surface area contributed by atoms with Crippen LogP contribution in [0.2, 0.25) is 0 Å². The number of nitrogens with one attached hydrogen (secondary N) is 2. The summed E-state index contributed by atoms with van der Waals surface area (Å²) in [5.41, 5.74) is 1.90. The Morgan fingerprint density at radius 2 is 1.67 bits per heavy atom. The van der Waals surface area contributed by atoms with Gasteiger partial charge >= 0.3 is 0 Å². The minimum absolute atomic E-state index is 0.0350. The second-order valence-corrected chi connectivity index (χ2v) is 7.08. The predicted octanol–water partition coefficient (Wildman–Crippen LogP) is 2.63. The molecule has 2 rings (SSSR count). The fraction of sp³-hybridized carbons (Fsp3) is 0.312. The normalized spacial score (nSPS) is 11.1. The Hall–Kier alpha value is -2.48. The molecule has 0 saturated heterocycles. The van der Waals surface area contributed by atoms with Crippen LogP contribution >= 0.6 is 0 Å². The van der Waals surface area contributed by atoms with E-state index in [1.165, 1.54) is 12.1 Å².